The van der Waals surface area contributed by atoms with Crippen LogP contribution in [-0.2, 0) is 4.79 Å². The van der Waals surface area contributed by atoms with Crippen molar-refractivity contribution in [3.63, 3.8) is 0 Å². The molecule has 1 amide bonds. The third-order valence-electron chi connectivity index (χ3n) is 9.87. The zero-order valence-corrected chi connectivity index (χ0v) is 33.0. The molecule has 2 unspecified atom stereocenters. The number of amides is 1. The molecule has 0 bridgehead atoms. The van der Waals surface area contributed by atoms with E-state index in [0.29, 0.717) is 6.42 Å². The third kappa shape index (κ3) is 37.7. The summed E-state index contributed by atoms with van der Waals surface area (Å²) in [5, 5.41) is 23.0. The van der Waals surface area contributed by atoms with Gasteiger partial charge in [0.05, 0.1) is 18.8 Å². The monoisotopic (exact) mass is 688 g/mol. The van der Waals surface area contributed by atoms with Crippen molar-refractivity contribution < 1.29 is 15.0 Å². The maximum Gasteiger partial charge on any atom is 0.220 e. The normalized spacial score (nSPS) is 13.3. The highest BCUT2D eigenvalue weighted by Crippen LogP contribution is 2.16. The number of aliphatic hydroxyl groups is 2. The molecule has 0 aliphatic rings. The van der Waals surface area contributed by atoms with E-state index >= 15 is 0 Å². The molecule has 4 nitrogen and oxygen atoms in total. The number of allylic oxidation sites excluding steroid dienone is 5. The van der Waals surface area contributed by atoms with E-state index in [-0.39, 0.29) is 12.5 Å². The first-order valence-corrected chi connectivity index (χ1v) is 21.7. The first kappa shape index (κ1) is 47.6. The molecule has 0 aliphatic heterocycles. The van der Waals surface area contributed by atoms with Crippen molar-refractivity contribution in [3.8, 4) is 0 Å². The predicted octanol–water partition coefficient (Wildman–Crippen LogP) is 13.4. The Balaban J connectivity index is 3.55. The molecule has 2 atom stereocenters. The lowest BCUT2D eigenvalue weighted by atomic mass is 10.0. The first-order valence-electron chi connectivity index (χ1n) is 21.7. The lowest BCUT2D eigenvalue weighted by molar-refractivity contribution is -0.123. The lowest BCUT2D eigenvalue weighted by Gasteiger charge is -2.20. The van der Waals surface area contributed by atoms with E-state index in [9.17, 15) is 15.0 Å². The number of hydrogen-bond acceptors (Lipinski definition) is 3. The molecule has 0 aromatic carbocycles. The van der Waals surface area contributed by atoms with Crippen LogP contribution in [0.3, 0.4) is 0 Å². The van der Waals surface area contributed by atoms with Crippen LogP contribution in [0.25, 0.3) is 0 Å². The molecule has 0 aliphatic carbocycles. The molecule has 0 rings (SSSR count). The van der Waals surface area contributed by atoms with Crippen molar-refractivity contribution >= 4 is 5.91 Å². The molecule has 288 valence electrons. The van der Waals surface area contributed by atoms with E-state index in [2.05, 4.69) is 43.5 Å². The maximum atomic E-state index is 12.3. The zero-order valence-electron chi connectivity index (χ0n) is 33.0. The summed E-state index contributed by atoms with van der Waals surface area (Å²) >= 11 is 0. The molecule has 0 aromatic heterocycles. The largest absolute Gasteiger partial charge is 0.394 e. The van der Waals surface area contributed by atoms with Gasteiger partial charge in [0.2, 0.25) is 5.91 Å². The SMILES string of the molecule is CCCC/C=C\C/C=C\CCCCCCCC(=O)NC(CO)C(O)/C=C/CCCCCCCCCCCCCCCCCCCCCCC. The minimum Gasteiger partial charge on any atom is -0.394 e. The van der Waals surface area contributed by atoms with Gasteiger partial charge in [-0.15, -0.1) is 0 Å². The molecule has 0 saturated carbocycles. The number of carbonyl (C=O) groups is 1. The van der Waals surface area contributed by atoms with Gasteiger partial charge in [-0.2, -0.15) is 0 Å². The Kier molecular flexibility index (Phi) is 39.9. The number of aliphatic hydroxyl groups excluding tert-OH is 2. The van der Waals surface area contributed by atoms with Crippen LogP contribution in [0.15, 0.2) is 36.5 Å². The average molecular weight is 688 g/mol. The number of rotatable bonds is 39. The van der Waals surface area contributed by atoms with Crippen molar-refractivity contribution in [3.05, 3.63) is 36.5 Å². The molecule has 4 heteroatoms. The minimum atomic E-state index is -0.844. The van der Waals surface area contributed by atoms with Crippen LogP contribution in [0.1, 0.15) is 226 Å². The maximum absolute atomic E-state index is 12.3. The van der Waals surface area contributed by atoms with Crippen LogP contribution >= 0.6 is 0 Å². The highest BCUT2D eigenvalue weighted by molar-refractivity contribution is 5.76. The molecule has 0 spiro atoms. The predicted molar refractivity (Wildman–Crippen MR) is 216 cm³/mol. The van der Waals surface area contributed by atoms with Gasteiger partial charge in [-0.05, 0) is 44.9 Å². The topological polar surface area (TPSA) is 69.6 Å². The van der Waals surface area contributed by atoms with Crippen LogP contribution in [-0.4, -0.2) is 34.9 Å². The first-order chi connectivity index (χ1) is 24.2. The van der Waals surface area contributed by atoms with E-state index in [0.717, 1.165) is 44.9 Å². The van der Waals surface area contributed by atoms with Crippen LogP contribution in [0.4, 0.5) is 0 Å². The van der Waals surface area contributed by atoms with Gasteiger partial charge in [0.15, 0.2) is 0 Å². The minimum absolute atomic E-state index is 0.0780. The number of nitrogens with one attached hydrogen (secondary N) is 1. The van der Waals surface area contributed by atoms with Crippen LogP contribution in [0, 0.1) is 0 Å². The summed E-state index contributed by atoms with van der Waals surface area (Å²) < 4.78 is 0. The number of unbranched alkanes of at least 4 members (excludes halogenated alkanes) is 28. The van der Waals surface area contributed by atoms with E-state index in [1.165, 1.54) is 161 Å². The summed E-state index contributed by atoms with van der Waals surface area (Å²) in [6, 6.07) is -0.628. The molecule has 0 radical (unpaired) electrons. The summed E-state index contributed by atoms with van der Waals surface area (Å²) in [5.41, 5.74) is 0. The molecular formula is C45H85NO3. The van der Waals surface area contributed by atoms with Crippen molar-refractivity contribution in [2.24, 2.45) is 0 Å². The molecule has 0 fully saturated rings. The number of carbonyl (C=O) groups excluding carboxylic acids is 1. The molecule has 49 heavy (non-hydrogen) atoms. The van der Waals surface area contributed by atoms with Gasteiger partial charge in [-0.25, -0.2) is 0 Å². The van der Waals surface area contributed by atoms with Crippen LogP contribution < -0.4 is 5.32 Å². The standard InChI is InChI=1S/C45H85NO3/c1-3-5-7-9-11-13-15-17-19-20-21-22-23-24-25-26-27-28-30-32-34-36-38-40-44(48)43(42-47)46-45(49)41-39-37-35-33-31-29-18-16-14-12-10-8-6-4-2/h10,12,16,18,38,40,43-44,47-48H,3-9,11,13-15,17,19-37,39,41-42H2,1-2H3,(H,46,49)/b12-10-,18-16-,40-38+. The fraction of sp³-hybridized carbons (Fsp3) is 0.844. The van der Waals surface area contributed by atoms with E-state index in [1.54, 1.807) is 6.08 Å². The van der Waals surface area contributed by atoms with Gasteiger partial charge in [0.25, 0.3) is 0 Å². The van der Waals surface area contributed by atoms with Gasteiger partial charge in [-0.3, -0.25) is 4.79 Å². The van der Waals surface area contributed by atoms with Crippen molar-refractivity contribution in [1.29, 1.82) is 0 Å². The van der Waals surface area contributed by atoms with Gasteiger partial charge < -0.3 is 15.5 Å². The summed E-state index contributed by atoms with van der Waals surface area (Å²) in [4.78, 5) is 12.3. The Morgan fingerprint density at radius 1 is 0.490 bits per heavy atom. The summed E-state index contributed by atoms with van der Waals surface area (Å²) in [6.07, 6.45) is 53.9. The Morgan fingerprint density at radius 2 is 0.857 bits per heavy atom. The van der Waals surface area contributed by atoms with Gasteiger partial charge in [-0.1, -0.05) is 211 Å². The van der Waals surface area contributed by atoms with Crippen molar-refractivity contribution in [2.75, 3.05) is 6.61 Å². The van der Waals surface area contributed by atoms with Gasteiger partial charge in [0.1, 0.15) is 0 Å². The second-order valence-corrected chi connectivity index (χ2v) is 14.8. The van der Waals surface area contributed by atoms with Crippen LogP contribution in [0.2, 0.25) is 0 Å². The Bertz CT molecular complexity index is 746. The van der Waals surface area contributed by atoms with E-state index in [1.807, 2.05) is 6.08 Å². The molecule has 3 N–H and O–H groups in total. The Hall–Kier alpha value is -1.39. The quantitative estimate of drug-likeness (QED) is 0.0445. The molecule has 0 heterocycles. The Labute approximate surface area is 306 Å². The second-order valence-electron chi connectivity index (χ2n) is 14.8. The fourth-order valence-corrected chi connectivity index (χ4v) is 6.49. The summed E-state index contributed by atoms with van der Waals surface area (Å²) in [7, 11) is 0. The fourth-order valence-electron chi connectivity index (χ4n) is 6.49. The van der Waals surface area contributed by atoms with Gasteiger partial charge in [0, 0.05) is 6.42 Å². The average Bonchev–Trinajstić information content (AvgIpc) is 3.10. The third-order valence-corrected chi connectivity index (χ3v) is 9.87. The van der Waals surface area contributed by atoms with E-state index < -0.39 is 12.1 Å². The van der Waals surface area contributed by atoms with Gasteiger partial charge >= 0.3 is 0 Å². The summed E-state index contributed by atoms with van der Waals surface area (Å²) in [5.74, 6) is -0.0780. The molecule has 0 saturated heterocycles. The zero-order chi connectivity index (χ0) is 35.7. The van der Waals surface area contributed by atoms with Crippen molar-refractivity contribution in [1.82, 2.24) is 5.32 Å². The summed E-state index contributed by atoms with van der Waals surface area (Å²) in [6.45, 7) is 4.27. The smallest absolute Gasteiger partial charge is 0.220 e. The highest BCUT2D eigenvalue weighted by Gasteiger charge is 2.17. The van der Waals surface area contributed by atoms with Crippen molar-refractivity contribution in [2.45, 2.75) is 238 Å². The van der Waals surface area contributed by atoms with E-state index in [4.69, 9.17) is 0 Å². The second kappa shape index (κ2) is 41.0. The highest BCUT2D eigenvalue weighted by atomic mass is 16.3. The number of hydrogen-bond donors (Lipinski definition) is 3. The lowest BCUT2D eigenvalue weighted by Crippen LogP contribution is -2.45. The molecular weight excluding hydrogens is 602 g/mol. The van der Waals surface area contributed by atoms with Crippen LogP contribution in [0.5, 0.6) is 0 Å². The Morgan fingerprint density at radius 3 is 1.29 bits per heavy atom. The molecule has 0 aromatic rings.